The minimum absolute atomic E-state index is 0.419. The molecule has 4 nitrogen and oxygen atoms in total. The van der Waals surface area contributed by atoms with Gasteiger partial charge in [-0.25, -0.2) is 4.98 Å². The summed E-state index contributed by atoms with van der Waals surface area (Å²) in [4.78, 5) is 15.4. The summed E-state index contributed by atoms with van der Waals surface area (Å²) in [5.41, 5.74) is 7.56. The van der Waals surface area contributed by atoms with Crippen LogP contribution < -0.4 is 5.73 Å². The Labute approximate surface area is 104 Å². The molecule has 2 N–H and O–H groups in total. The number of aromatic nitrogens is 2. The molecule has 0 spiro atoms. The van der Waals surface area contributed by atoms with Gasteiger partial charge in [0.2, 0.25) is 5.91 Å². The molecule has 4 heteroatoms. The molecule has 0 aliphatic carbocycles. The Bertz CT molecular complexity index is 713. The van der Waals surface area contributed by atoms with Crippen molar-refractivity contribution in [3.63, 3.8) is 0 Å². The Hall–Kier alpha value is -2.62. The maximum absolute atomic E-state index is 11.0. The zero-order valence-corrected chi connectivity index (χ0v) is 9.58. The Kier molecular flexibility index (Phi) is 2.34. The normalized spacial score (nSPS) is 10.7. The van der Waals surface area contributed by atoms with Crippen molar-refractivity contribution in [3.05, 3.63) is 60.4 Å². The van der Waals surface area contributed by atoms with Gasteiger partial charge in [-0.1, -0.05) is 0 Å². The van der Waals surface area contributed by atoms with E-state index in [0.717, 1.165) is 16.7 Å². The van der Waals surface area contributed by atoms with E-state index in [-0.39, 0.29) is 0 Å². The molecule has 0 fully saturated rings. The van der Waals surface area contributed by atoms with Crippen molar-refractivity contribution in [1.82, 2.24) is 9.55 Å². The molecule has 0 aliphatic rings. The lowest BCUT2D eigenvalue weighted by atomic mass is 10.2. The number of pyridine rings is 1. The molecule has 2 aromatic heterocycles. The molecule has 0 aliphatic heterocycles. The number of carbonyl (C=O) groups is 1. The molecule has 0 atom stereocenters. The fourth-order valence-corrected chi connectivity index (χ4v) is 1.96. The standard InChI is InChI=1S/C14H11N3O/c15-13(18)10-3-5-12(6-4-10)17-9-7-11-2-1-8-16-14(11)17/h1-9H,(H2,15,18). The van der Waals surface area contributed by atoms with Crippen LogP contribution in [0.1, 0.15) is 10.4 Å². The highest BCUT2D eigenvalue weighted by atomic mass is 16.1. The van der Waals surface area contributed by atoms with Crippen LogP contribution in [0.25, 0.3) is 16.7 Å². The molecular weight excluding hydrogens is 226 g/mol. The minimum atomic E-state index is -0.419. The summed E-state index contributed by atoms with van der Waals surface area (Å²) in [5, 5.41) is 1.08. The molecule has 3 rings (SSSR count). The molecule has 88 valence electrons. The Morgan fingerprint density at radius 3 is 2.61 bits per heavy atom. The second-order valence-corrected chi connectivity index (χ2v) is 4.01. The van der Waals surface area contributed by atoms with Gasteiger partial charge >= 0.3 is 0 Å². The highest BCUT2D eigenvalue weighted by molar-refractivity contribution is 5.93. The highest BCUT2D eigenvalue weighted by Gasteiger charge is 2.04. The second kappa shape index (κ2) is 4.00. The Morgan fingerprint density at radius 2 is 1.89 bits per heavy atom. The van der Waals surface area contributed by atoms with Gasteiger partial charge in [0.05, 0.1) is 0 Å². The third-order valence-corrected chi connectivity index (χ3v) is 2.88. The van der Waals surface area contributed by atoms with Crippen LogP contribution in [0.2, 0.25) is 0 Å². The molecular formula is C14H11N3O. The number of benzene rings is 1. The Balaban J connectivity index is 2.12. The number of nitrogens with zero attached hydrogens (tertiary/aromatic N) is 2. The topological polar surface area (TPSA) is 60.9 Å². The minimum Gasteiger partial charge on any atom is -0.366 e. The van der Waals surface area contributed by atoms with E-state index >= 15 is 0 Å². The predicted octanol–water partition coefficient (Wildman–Crippen LogP) is 2.12. The molecule has 2 heterocycles. The van der Waals surface area contributed by atoms with Crippen molar-refractivity contribution in [2.45, 2.75) is 0 Å². The monoisotopic (exact) mass is 237 g/mol. The maximum atomic E-state index is 11.0. The first-order valence-electron chi connectivity index (χ1n) is 5.58. The smallest absolute Gasteiger partial charge is 0.248 e. The third-order valence-electron chi connectivity index (χ3n) is 2.88. The summed E-state index contributed by atoms with van der Waals surface area (Å²) in [6.45, 7) is 0. The number of fused-ring (bicyclic) bond motifs is 1. The van der Waals surface area contributed by atoms with Gasteiger partial charge in [-0.15, -0.1) is 0 Å². The highest BCUT2D eigenvalue weighted by Crippen LogP contribution is 2.18. The van der Waals surface area contributed by atoms with E-state index in [1.54, 1.807) is 18.3 Å². The van der Waals surface area contributed by atoms with E-state index in [9.17, 15) is 4.79 Å². The molecule has 18 heavy (non-hydrogen) atoms. The first kappa shape index (κ1) is 10.5. The van der Waals surface area contributed by atoms with Crippen molar-refractivity contribution in [1.29, 1.82) is 0 Å². The van der Waals surface area contributed by atoms with Gasteiger partial charge in [-0.05, 0) is 42.5 Å². The summed E-state index contributed by atoms with van der Waals surface area (Å²) in [6.07, 6.45) is 3.72. The SMILES string of the molecule is NC(=O)c1ccc(-n2ccc3cccnc32)cc1. The Morgan fingerprint density at radius 1 is 1.11 bits per heavy atom. The molecule has 0 radical (unpaired) electrons. The number of hydrogen-bond acceptors (Lipinski definition) is 2. The maximum Gasteiger partial charge on any atom is 0.248 e. The van der Waals surface area contributed by atoms with Crippen LogP contribution >= 0.6 is 0 Å². The average Bonchev–Trinajstić information content (AvgIpc) is 2.82. The molecule has 1 aromatic carbocycles. The van der Waals surface area contributed by atoms with Gasteiger partial charge in [0.25, 0.3) is 0 Å². The van der Waals surface area contributed by atoms with Gasteiger partial charge in [-0.2, -0.15) is 0 Å². The second-order valence-electron chi connectivity index (χ2n) is 4.01. The van der Waals surface area contributed by atoms with Crippen LogP contribution in [-0.4, -0.2) is 15.5 Å². The number of primary amides is 1. The number of carbonyl (C=O) groups excluding carboxylic acids is 1. The largest absolute Gasteiger partial charge is 0.366 e. The van der Waals surface area contributed by atoms with Crippen LogP contribution in [0.5, 0.6) is 0 Å². The predicted molar refractivity (Wildman–Crippen MR) is 69.6 cm³/mol. The van der Waals surface area contributed by atoms with E-state index in [4.69, 9.17) is 5.73 Å². The third kappa shape index (κ3) is 1.64. The molecule has 1 amide bonds. The summed E-state index contributed by atoms with van der Waals surface area (Å²) in [7, 11) is 0. The van der Waals surface area contributed by atoms with Crippen LogP contribution in [0.15, 0.2) is 54.9 Å². The summed E-state index contributed by atoms with van der Waals surface area (Å²) >= 11 is 0. The molecule has 0 unspecified atom stereocenters. The fraction of sp³-hybridized carbons (Fsp3) is 0. The van der Waals surface area contributed by atoms with Gasteiger partial charge in [0.1, 0.15) is 5.65 Å². The number of hydrogen-bond donors (Lipinski definition) is 1. The number of amides is 1. The zero-order chi connectivity index (χ0) is 12.5. The lowest BCUT2D eigenvalue weighted by molar-refractivity contribution is 0.100. The molecule has 0 bridgehead atoms. The van der Waals surface area contributed by atoms with Crippen molar-refractivity contribution in [3.8, 4) is 5.69 Å². The van der Waals surface area contributed by atoms with Gasteiger partial charge < -0.3 is 10.3 Å². The van der Waals surface area contributed by atoms with Crippen LogP contribution in [-0.2, 0) is 0 Å². The number of rotatable bonds is 2. The van der Waals surface area contributed by atoms with Gasteiger partial charge in [0.15, 0.2) is 0 Å². The van der Waals surface area contributed by atoms with E-state index in [2.05, 4.69) is 4.98 Å². The quantitative estimate of drug-likeness (QED) is 0.742. The lowest BCUT2D eigenvalue weighted by Crippen LogP contribution is -2.10. The summed E-state index contributed by atoms with van der Waals surface area (Å²) in [6, 6.07) is 13.1. The van der Waals surface area contributed by atoms with E-state index in [1.165, 1.54) is 0 Å². The van der Waals surface area contributed by atoms with Crippen molar-refractivity contribution in [2.24, 2.45) is 5.73 Å². The van der Waals surface area contributed by atoms with E-state index in [1.807, 2.05) is 41.1 Å². The van der Waals surface area contributed by atoms with Gasteiger partial charge in [0, 0.05) is 29.0 Å². The van der Waals surface area contributed by atoms with E-state index in [0.29, 0.717) is 5.56 Å². The van der Waals surface area contributed by atoms with Crippen molar-refractivity contribution in [2.75, 3.05) is 0 Å². The summed E-state index contributed by atoms with van der Waals surface area (Å²) in [5.74, 6) is -0.419. The number of nitrogens with two attached hydrogens (primary N) is 1. The van der Waals surface area contributed by atoms with Crippen LogP contribution in [0.4, 0.5) is 0 Å². The average molecular weight is 237 g/mol. The first-order chi connectivity index (χ1) is 8.75. The fourth-order valence-electron chi connectivity index (χ4n) is 1.96. The van der Waals surface area contributed by atoms with Crippen molar-refractivity contribution < 1.29 is 4.79 Å². The zero-order valence-electron chi connectivity index (χ0n) is 9.58. The van der Waals surface area contributed by atoms with Gasteiger partial charge in [-0.3, -0.25) is 4.79 Å². The summed E-state index contributed by atoms with van der Waals surface area (Å²) < 4.78 is 1.97. The molecule has 3 aromatic rings. The molecule has 0 saturated carbocycles. The van der Waals surface area contributed by atoms with Crippen molar-refractivity contribution >= 4 is 16.9 Å². The lowest BCUT2D eigenvalue weighted by Gasteiger charge is -2.05. The van der Waals surface area contributed by atoms with Crippen LogP contribution in [0.3, 0.4) is 0 Å². The first-order valence-corrected chi connectivity index (χ1v) is 5.58. The molecule has 0 saturated heterocycles. The van der Waals surface area contributed by atoms with E-state index < -0.39 is 5.91 Å². The van der Waals surface area contributed by atoms with Crippen LogP contribution in [0, 0.1) is 0 Å².